The predicted octanol–water partition coefficient (Wildman–Crippen LogP) is 0.102. The number of aryl methyl sites for hydroxylation is 1. The normalized spacial score (nSPS) is 8.21. The molecule has 0 unspecified atom stereocenters. The molecule has 0 radical (unpaired) electrons. The fraction of sp³-hybridized carbons (Fsp3) is 0.222. The summed E-state index contributed by atoms with van der Waals surface area (Å²) in [6.07, 6.45) is 1.82. The first-order chi connectivity index (χ1) is 6.72. The molecule has 14 heavy (non-hydrogen) atoms. The van der Waals surface area contributed by atoms with Gasteiger partial charge >= 0.3 is 0 Å². The van der Waals surface area contributed by atoms with Crippen LogP contribution in [0, 0.1) is 6.92 Å². The number of carbonyl (C=O) groups is 2. The van der Waals surface area contributed by atoms with Crippen molar-refractivity contribution in [2.45, 2.75) is 6.92 Å². The van der Waals surface area contributed by atoms with Crippen LogP contribution in [0.15, 0.2) is 18.3 Å². The Bertz CT molecular complexity index is 295. The highest BCUT2D eigenvalue weighted by molar-refractivity contribution is 6.29. The molecule has 0 aliphatic rings. The molecule has 3 N–H and O–H groups in total. The number of amides is 1. The number of rotatable bonds is 2. The van der Waals surface area contributed by atoms with E-state index in [4.69, 9.17) is 0 Å². The average Bonchev–Trinajstić information content (AvgIpc) is 2.24. The zero-order chi connectivity index (χ0) is 11.0. The van der Waals surface area contributed by atoms with Gasteiger partial charge in [0, 0.05) is 6.20 Å². The van der Waals surface area contributed by atoms with E-state index in [0.717, 1.165) is 5.56 Å². The maximum atomic E-state index is 10.5. The number of anilines is 1. The van der Waals surface area contributed by atoms with Gasteiger partial charge in [0.05, 0.1) is 0 Å². The molecule has 0 fully saturated rings. The molecule has 76 valence electrons. The van der Waals surface area contributed by atoms with Crippen molar-refractivity contribution in [2.24, 2.45) is 5.73 Å². The van der Waals surface area contributed by atoms with Crippen molar-refractivity contribution in [1.82, 2.24) is 4.98 Å². The summed E-state index contributed by atoms with van der Waals surface area (Å²) in [4.78, 5) is 24.4. The van der Waals surface area contributed by atoms with Gasteiger partial charge in [-0.2, -0.15) is 0 Å². The molecule has 0 aromatic carbocycles. The van der Waals surface area contributed by atoms with Gasteiger partial charge in [-0.1, -0.05) is 6.07 Å². The number of nitrogens with one attached hydrogen (secondary N) is 1. The van der Waals surface area contributed by atoms with E-state index in [0.29, 0.717) is 5.82 Å². The van der Waals surface area contributed by atoms with Crippen LogP contribution >= 0.6 is 0 Å². The Hall–Kier alpha value is -1.75. The van der Waals surface area contributed by atoms with E-state index in [9.17, 15) is 9.59 Å². The predicted molar refractivity (Wildman–Crippen MR) is 53.8 cm³/mol. The second-order valence-electron chi connectivity index (χ2n) is 2.33. The fourth-order valence-corrected chi connectivity index (χ4v) is 0.697. The highest BCUT2D eigenvalue weighted by Crippen LogP contribution is 2.02. The van der Waals surface area contributed by atoms with Gasteiger partial charge < -0.3 is 11.1 Å². The maximum Gasteiger partial charge on any atom is 0.289 e. The summed E-state index contributed by atoms with van der Waals surface area (Å²) in [7, 11) is 1.50. The molecule has 1 aromatic rings. The molecule has 0 atom stereocenters. The van der Waals surface area contributed by atoms with Crippen molar-refractivity contribution in [3.05, 3.63) is 23.9 Å². The lowest BCUT2D eigenvalue weighted by Gasteiger charge is -1.98. The summed E-state index contributed by atoms with van der Waals surface area (Å²) < 4.78 is 0. The van der Waals surface area contributed by atoms with Gasteiger partial charge in [0.2, 0.25) is 6.29 Å². The minimum Gasteiger partial charge on any atom is -0.333 e. The van der Waals surface area contributed by atoms with Crippen molar-refractivity contribution in [2.75, 3.05) is 12.4 Å². The van der Waals surface area contributed by atoms with Gasteiger partial charge in [-0.25, -0.2) is 4.98 Å². The van der Waals surface area contributed by atoms with E-state index in [2.05, 4.69) is 16.0 Å². The zero-order valence-corrected chi connectivity index (χ0v) is 8.15. The fourth-order valence-electron chi connectivity index (χ4n) is 0.697. The molecule has 1 heterocycles. The molecular formula is C9H13N3O2. The third-order valence-corrected chi connectivity index (χ3v) is 1.27. The van der Waals surface area contributed by atoms with Crippen LogP contribution < -0.4 is 11.1 Å². The first-order valence-electron chi connectivity index (χ1n) is 3.99. The van der Waals surface area contributed by atoms with E-state index in [1.807, 2.05) is 6.92 Å². The van der Waals surface area contributed by atoms with Crippen molar-refractivity contribution in [3.8, 4) is 0 Å². The lowest BCUT2D eigenvalue weighted by molar-refractivity contribution is -0.127. The van der Waals surface area contributed by atoms with E-state index in [1.165, 1.54) is 7.05 Å². The quantitative estimate of drug-likeness (QED) is 0.517. The number of carbonyl (C=O) groups excluding carboxylic acids is 2. The summed E-state index contributed by atoms with van der Waals surface area (Å²) in [6, 6.07) is 3.43. The van der Waals surface area contributed by atoms with Gasteiger partial charge in [0.25, 0.3) is 5.91 Å². The molecule has 0 aliphatic heterocycles. The smallest absolute Gasteiger partial charge is 0.289 e. The first kappa shape index (κ1) is 12.2. The topological polar surface area (TPSA) is 85.1 Å². The monoisotopic (exact) mass is 195 g/mol. The van der Waals surface area contributed by atoms with Crippen LogP contribution in [0.25, 0.3) is 0 Å². The summed E-state index contributed by atoms with van der Waals surface area (Å²) in [5, 5.41) is 2.30. The molecule has 5 heteroatoms. The highest BCUT2D eigenvalue weighted by atomic mass is 16.2. The molecule has 1 aromatic heterocycles. The lowest BCUT2D eigenvalue weighted by Crippen LogP contribution is -2.13. The Balaban J connectivity index is 0.000000791. The number of hydrogen-bond acceptors (Lipinski definition) is 4. The van der Waals surface area contributed by atoms with Crippen LogP contribution in [-0.2, 0) is 9.59 Å². The largest absolute Gasteiger partial charge is 0.333 e. The molecule has 0 aliphatic carbocycles. The maximum absolute atomic E-state index is 10.5. The Labute approximate surface area is 82.3 Å². The minimum absolute atomic E-state index is 0.210. The minimum atomic E-state index is -0.689. The Kier molecular flexibility index (Phi) is 5.89. The molecule has 0 saturated heterocycles. The summed E-state index contributed by atoms with van der Waals surface area (Å²) in [6.45, 7) is 1.89. The van der Waals surface area contributed by atoms with E-state index in [-0.39, 0.29) is 6.29 Å². The second kappa shape index (κ2) is 6.73. The third-order valence-electron chi connectivity index (χ3n) is 1.27. The van der Waals surface area contributed by atoms with Gasteiger partial charge in [-0.15, -0.1) is 0 Å². The molecule has 0 spiro atoms. The summed E-state index contributed by atoms with van der Waals surface area (Å²) >= 11 is 0. The van der Waals surface area contributed by atoms with Crippen LogP contribution in [0.4, 0.5) is 5.82 Å². The Morgan fingerprint density at radius 1 is 1.50 bits per heavy atom. The van der Waals surface area contributed by atoms with Gasteiger partial charge in [-0.05, 0) is 25.6 Å². The Morgan fingerprint density at radius 2 is 2.14 bits per heavy atom. The number of aldehydes is 1. The van der Waals surface area contributed by atoms with Crippen molar-refractivity contribution in [1.29, 1.82) is 0 Å². The molecule has 5 nitrogen and oxygen atoms in total. The molecule has 1 amide bonds. The molecule has 0 saturated carbocycles. The Morgan fingerprint density at radius 3 is 2.57 bits per heavy atom. The number of hydrogen-bond donors (Lipinski definition) is 2. The van der Waals surface area contributed by atoms with Crippen LogP contribution in [0.2, 0.25) is 0 Å². The number of pyridine rings is 1. The van der Waals surface area contributed by atoms with Gasteiger partial charge in [-0.3, -0.25) is 9.59 Å². The van der Waals surface area contributed by atoms with Crippen molar-refractivity contribution < 1.29 is 9.59 Å². The first-order valence-corrected chi connectivity index (χ1v) is 3.99. The van der Waals surface area contributed by atoms with Crippen LogP contribution in [0.3, 0.4) is 0 Å². The molecule has 1 rings (SSSR count). The van der Waals surface area contributed by atoms with Crippen molar-refractivity contribution >= 4 is 18.0 Å². The van der Waals surface area contributed by atoms with Crippen molar-refractivity contribution in [3.63, 3.8) is 0 Å². The second-order valence-corrected chi connectivity index (χ2v) is 2.33. The third kappa shape index (κ3) is 4.32. The lowest BCUT2D eigenvalue weighted by atomic mass is 10.3. The van der Waals surface area contributed by atoms with E-state index in [1.54, 1.807) is 18.3 Å². The number of nitrogens with two attached hydrogens (primary N) is 1. The van der Waals surface area contributed by atoms with Crippen LogP contribution in [0.1, 0.15) is 5.56 Å². The highest BCUT2D eigenvalue weighted by Gasteiger charge is 1.98. The van der Waals surface area contributed by atoms with Crippen LogP contribution in [-0.4, -0.2) is 24.2 Å². The molecule has 0 bridgehead atoms. The summed E-state index contributed by atoms with van der Waals surface area (Å²) in [5.41, 5.74) is 5.50. The average molecular weight is 195 g/mol. The standard InChI is InChI=1S/C8H8N2O2.CH5N/c1-6-2-3-7(9-4-6)10-8(12)5-11;1-2/h2-5H,1H3,(H,9,10,12);2H2,1H3. The molecular weight excluding hydrogens is 182 g/mol. The SMILES string of the molecule is CN.Cc1ccc(NC(=O)C=O)nc1. The number of aromatic nitrogens is 1. The van der Waals surface area contributed by atoms with Crippen LogP contribution in [0.5, 0.6) is 0 Å². The van der Waals surface area contributed by atoms with Gasteiger partial charge in [0.1, 0.15) is 5.82 Å². The van der Waals surface area contributed by atoms with E-state index < -0.39 is 5.91 Å². The summed E-state index contributed by atoms with van der Waals surface area (Å²) in [5.74, 6) is -0.302. The van der Waals surface area contributed by atoms with E-state index >= 15 is 0 Å². The number of nitrogens with zero attached hydrogens (tertiary/aromatic N) is 1. The zero-order valence-electron chi connectivity index (χ0n) is 8.15. The van der Waals surface area contributed by atoms with Gasteiger partial charge in [0.15, 0.2) is 0 Å².